The van der Waals surface area contributed by atoms with E-state index in [0.717, 1.165) is 29.4 Å². The third-order valence-electron chi connectivity index (χ3n) is 2.60. The van der Waals surface area contributed by atoms with Gasteiger partial charge in [0.15, 0.2) is 0 Å². The van der Waals surface area contributed by atoms with Gasteiger partial charge in [-0.2, -0.15) is 0 Å². The van der Waals surface area contributed by atoms with Crippen LogP contribution in [0.2, 0.25) is 0 Å². The molecule has 0 saturated carbocycles. The monoisotopic (exact) mass is 213 g/mol. The molecule has 3 nitrogen and oxygen atoms in total. The Kier molecular flexibility index (Phi) is 3.27. The Morgan fingerprint density at radius 2 is 2.00 bits per heavy atom. The smallest absolute Gasteiger partial charge is 0.0890 e. The van der Waals surface area contributed by atoms with E-state index >= 15 is 0 Å². The molecule has 0 aliphatic heterocycles. The Balaban J connectivity index is 2.28. The van der Waals surface area contributed by atoms with Crippen molar-refractivity contribution in [3.8, 4) is 0 Å². The Labute approximate surface area is 95.0 Å². The highest BCUT2D eigenvalue weighted by Gasteiger charge is 2.06. The first kappa shape index (κ1) is 10.8. The van der Waals surface area contributed by atoms with Gasteiger partial charge in [0, 0.05) is 18.4 Å². The standard InChI is InChI=1S/C13H15N3/c1-2-3-4-11(14)10-5-6-12-13(9-10)16-8-7-15-12/h2,5-9,11H,1,3-4,14H2. The highest BCUT2D eigenvalue weighted by atomic mass is 14.8. The summed E-state index contributed by atoms with van der Waals surface area (Å²) in [6.45, 7) is 3.70. The zero-order valence-corrected chi connectivity index (χ0v) is 9.13. The number of nitrogens with two attached hydrogens (primary N) is 1. The van der Waals surface area contributed by atoms with E-state index in [4.69, 9.17) is 5.73 Å². The molecule has 16 heavy (non-hydrogen) atoms. The summed E-state index contributed by atoms with van der Waals surface area (Å²) in [4.78, 5) is 8.49. The van der Waals surface area contributed by atoms with Gasteiger partial charge >= 0.3 is 0 Å². The summed E-state index contributed by atoms with van der Waals surface area (Å²) in [6.07, 6.45) is 7.12. The molecule has 0 radical (unpaired) electrons. The molecule has 0 aliphatic carbocycles. The van der Waals surface area contributed by atoms with Crippen molar-refractivity contribution in [3.63, 3.8) is 0 Å². The predicted molar refractivity (Wildman–Crippen MR) is 65.9 cm³/mol. The zero-order chi connectivity index (χ0) is 11.4. The van der Waals surface area contributed by atoms with Crippen LogP contribution in [-0.2, 0) is 0 Å². The lowest BCUT2D eigenvalue weighted by Crippen LogP contribution is -2.09. The molecule has 0 spiro atoms. The first-order valence-corrected chi connectivity index (χ1v) is 5.38. The Hall–Kier alpha value is -1.74. The van der Waals surface area contributed by atoms with Crippen LogP contribution in [0.5, 0.6) is 0 Å². The SMILES string of the molecule is C=CCCC(N)c1ccc2nccnc2c1. The molecule has 1 aromatic carbocycles. The third kappa shape index (κ3) is 2.25. The van der Waals surface area contributed by atoms with Crippen molar-refractivity contribution in [1.29, 1.82) is 0 Å². The second kappa shape index (κ2) is 4.86. The van der Waals surface area contributed by atoms with Crippen molar-refractivity contribution in [2.24, 2.45) is 5.73 Å². The highest BCUT2D eigenvalue weighted by molar-refractivity contribution is 5.74. The van der Waals surface area contributed by atoms with Gasteiger partial charge in [-0.25, -0.2) is 0 Å². The average Bonchev–Trinajstić information content (AvgIpc) is 2.35. The van der Waals surface area contributed by atoms with Gasteiger partial charge in [0.1, 0.15) is 0 Å². The summed E-state index contributed by atoms with van der Waals surface area (Å²) in [6, 6.07) is 6.04. The molecule has 0 bridgehead atoms. The third-order valence-corrected chi connectivity index (χ3v) is 2.60. The van der Waals surface area contributed by atoms with Gasteiger partial charge in [0.25, 0.3) is 0 Å². The predicted octanol–water partition coefficient (Wildman–Crippen LogP) is 2.60. The number of fused-ring (bicyclic) bond motifs is 1. The van der Waals surface area contributed by atoms with Gasteiger partial charge in [-0.05, 0) is 30.5 Å². The van der Waals surface area contributed by atoms with E-state index in [1.165, 1.54) is 0 Å². The van der Waals surface area contributed by atoms with E-state index in [0.29, 0.717) is 0 Å². The van der Waals surface area contributed by atoms with E-state index in [-0.39, 0.29) is 6.04 Å². The number of rotatable bonds is 4. The fourth-order valence-electron chi connectivity index (χ4n) is 1.68. The van der Waals surface area contributed by atoms with E-state index in [1.807, 2.05) is 24.3 Å². The second-order valence-electron chi connectivity index (χ2n) is 3.78. The van der Waals surface area contributed by atoms with Gasteiger partial charge in [-0.15, -0.1) is 6.58 Å². The van der Waals surface area contributed by atoms with E-state index in [9.17, 15) is 0 Å². The van der Waals surface area contributed by atoms with Crippen LogP contribution in [-0.4, -0.2) is 9.97 Å². The Morgan fingerprint density at radius 3 is 2.75 bits per heavy atom. The van der Waals surface area contributed by atoms with Crippen molar-refractivity contribution in [2.45, 2.75) is 18.9 Å². The van der Waals surface area contributed by atoms with Crippen molar-refractivity contribution in [3.05, 3.63) is 48.8 Å². The van der Waals surface area contributed by atoms with Gasteiger partial charge in [-0.3, -0.25) is 9.97 Å². The van der Waals surface area contributed by atoms with Crippen LogP contribution >= 0.6 is 0 Å². The lowest BCUT2D eigenvalue weighted by molar-refractivity contribution is 0.662. The number of allylic oxidation sites excluding steroid dienone is 1. The quantitative estimate of drug-likeness (QED) is 0.794. The van der Waals surface area contributed by atoms with Crippen molar-refractivity contribution in [2.75, 3.05) is 0 Å². The van der Waals surface area contributed by atoms with Crippen LogP contribution in [0, 0.1) is 0 Å². The van der Waals surface area contributed by atoms with Crippen LogP contribution in [0.15, 0.2) is 43.2 Å². The fourth-order valence-corrected chi connectivity index (χ4v) is 1.68. The van der Waals surface area contributed by atoms with Crippen LogP contribution in [0.25, 0.3) is 11.0 Å². The maximum absolute atomic E-state index is 6.08. The first-order valence-electron chi connectivity index (χ1n) is 5.38. The van der Waals surface area contributed by atoms with E-state index in [2.05, 4.69) is 16.5 Å². The van der Waals surface area contributed by atoms with Crippen molar-refractivity contribution in [1.82, 2.24) is 9.97 Å². The number of benzene rings is 1. The minimum atomic E-state index is 0.0457. The Morgan fingerprint density at radius 1 is 1.25 bits per heavy atom. The summed E-state index contributed by atoms with van der Waals surface area (Å²) in [5.74, 6) is 0. The zero-order valence-electron chi connectivity index (χ0n) is 9.13. The van der Waals surface area contributed by atoms with Crippen LogP contribution in [0.3, 0.4) is 0 Å². The average molecular weight is 213 g/mol. The van der Waals surface area contributed by atoms with Gasteiger partial charge in [-0.1, -0.05) is 12.1 Å². The maximum Gasteiger partial charge on any atom is 0.0890 e. The molecule has 1 unspecified atom stereocenters. The molecule has 2 aromatic rings. The van der Waals surface area contributed by atoms with Crippen LogP contribution < -0.4 is 5.73 Å². The topological polar surface area (TPSA) is 51.8 Å². The molecule has 1 heterocycles. The normalized spacial score (nSPS) is 12.6. The van der Waals surface area contributed by atoms with Gasteiger partial charge in [0.05, 0.1) is 11.0 Å². The maximum atomic E-state index is 6.08. The molecule has 0 amide bonds. The molecule has 1 atom stereocenters. The summed E-state index contributed by atoms with van der Waals surface area (Å²) in [7, 11) is 0. The minimum Gasteiger partial charge on any atom is -0.324 e. The van der Waals surface area contributed by atoms with E-state index in [1.54, 1.807) is 12.4 Å². The van der Waals surface area contributed by atoms with Crippen molar-refractivity contribution < 1.29 is 0 Å². The summed E-state index contributed by atoms with van der Waals surface area (Å²) in [5.41, 5.74) is 8.98. The molecule has 0 saturated heterocycles. The highest BCUT2D eigenvalue weighted by Crippen LogP contribution is 2.19. The molecule has 0 fully saturated rings. The lowest BCUT2D eigenvalue weighted by Gasteiger charge is -2.10. The van der Waals surface area contributed by atoms with E-state index < -0.39 is 0 Å². The molecule has 82 valence electrons. The number of hydrogen-bond donors (Lipinski definition) is 1. The molecule has 3 heteroatoms. The number of nitrogens with zero attached hydrogens (tertiary/aromatic N) is 2. The van der Waals surface area contributed by atoms with Gasteiger partial charge < -0.3 is 5.73 Å². The lowest BCUT2D eigenvalue weighted by atomic mass is 10.0. The largest absolute Gasteiger partial charge is 0.324 e. The number of aromatic nitrogens is 2. The molecule has 1 aromatic heterocycles. The number of hydrogen-bond acceptors (Lipinski definition) is 3. The first-order chi connectivity index (χ1) is 7.81. The van der Waals surface area contributed by atoms with Gasteiger partial charge in [0.2, 0.25) is 0 Å². The summed E-state index contributed by atoms with van der Waals surface area (Å²) < 4.78 is 0. The van der Waals surface area contributed by atoms with Crippen LogP contribution in [0.1, 0.15) is 24.4 Å². The fraction of sp³-hybridized carbons (Fsp3) is 0.231. The molecule has 0 aliphatic rings. The molecule has 2 N–H and O–H groups in total. The van der Waals surface area contributed by atoms with Crippen molar-refractivity contribution >= 4 is 11.0 Å². The Bertz CT molecular complexity index is 493. The minimum absolute atomic E-state index is 0.0457. The van der Waals surface area contributed by atoms with Crippen LogP contribution in [0.4, 0.5) is 0 Å². The molecule has 2 rings (SSSR count). The molecular formula is C13H15N3. The molecular weight excluding hydrogens is 198 g/mol. The second-order valence-corrected chi connectivity index (χ2v) is 3.78. The summed E-state index contributed by atoms with van der Waals surface area (Å²) in [5, 5.41) is 0. The summed E-state index contributed by atoms with van der Waals surface area (Å²) >= 11 is 0.